The fraction of sp³-hybridized carbons (Fsp3) is 0.500. The first-order chi connectivity index (χ1) is 8.97. The maximum absolute atomic E-state index is 6.24. The van der Waals surface area contributed by atoms with Crippen LogP contribution in [0.4, 0.5) is 11.5 Å². The van der Waals surface area contributed by atoms with Crippen molar-refractivity contribution in [2.24, 2.45) is 0 Å². The minimum atomic E-state index is 0. The Labute approximate surface area is 126 Å². The molecular weight excluding hydrogens is 274 g/mol. The summed E-state index contributed by atoms with van der Waals surface area (Å²) in [4.78, 5) is 2.32. The average Bonchev–Trinajstić information content (AvgIpc) is 2.94. The van der Waals surface area contributed by atoms with Gasteiger partial charge < -0.3 is 27.5 Å². The smallest absolute Gasteiger partial charge is 0.175 e. The van der Waals surface area contributed by atoms with Crippen LogP contribution in [0.2, 0.25) is 0 Å². The average molecular weight is 296 g/mol. The fourth-order valence-electron chi connectivity index (χ4n) is 2.81. The highest BCUT2D eigenvalue weighted by molar-refractivity contribution is 5.81. The van der Waals surface area contributed by atoms with E-state index in [1.165, 1.54) is 6.42 Å². The third-order valence-electron chi connectivity index (χ3n) is 4.12. The number of nitrogens with zero attached hydrogens (tertiary/aromatic N) is 4. The van der Waals surface area contributed by atoms with Crippen LogP contribution >= 0.6 is 0 Å². The molecule has 2 N–H and O–H groups in total. The number of aromatic nitrogens is 2. The van der Waals surface area contributed by atoms with Crippen LogP contribution in [-0.2, 0) is 0 Å². The number of nitrogen functional groups attached to an aromatic ring is 1. The van der Waals surface area contributed by atoms with Crippen LogP contribution in [0.5, 0.6) is 0 Å². The Morgan fingerprint density at radius 2 is 2.05 bits per heavy atom. The van der Waals surface area contributed by atoms with Gasteiger partial charge in [-0.15, -0.1) is 5.10 Å². The molecule has 1 aliphatic heterocycles. The molecule has 0 aliphatic carbocycles. The lowest BCUT2D eigenvalue weighted by atomic mass is 10.2. The Kier molecular flexibility index (Phi) is 3.84. The molecule has 6 heteroatoms. The summed E-state index contributed by atoms with van der Waals surface area (Å²) in [7, 11) is 6.75. The molecule has 1 aliphatic rings. The second kappa shape index (κ2) is 5.14. The highest BCUT2D eigenvalue weighted by Gasteiger charge is 2.34. The van der Waals surface area contributed by atoms with E-state index in [0.29, 0.717) is 6.04 Å². The van der Waals surface area contributed by atoms with Crippen molar-refractivity contribution in [1.29, 1.82) is 0 Å². The predicted octanol–water partition coefficient (Wildman–Crippen LogP) is -1.79. The Morgan fingerprint density at radius 3 is 2.65 bits per heavy atom. The molecule has 5 nitrogen and oxygen atoms in total. The maximum atomic E-state index is 6.24. The fourth-order valence-corrected chi connectivity index (χ4v) is 2.81. The molecule has 110 valence electrons. The lowest BCUT2D eigenvalue weighted by Gasteiger charge is -2.31. The van der Waals surface area contributed by atoms with Crippen molar-refractivity contribution >= 4 is 17.0 Å². The quantitative estimate of drug-likeness (QED) is 0.666. The number of hydrogen-bond acceptors (Lipinski definition) is 3. The van der Waals surface area contributed by atoms with Crippen LogP contribution in [0.1, 0.15) is 6.42 Å². The summed E-state index contributed by atoms with van der Waals surface area (Å²) >= 11 is 0. The third kappa shape index (κ3) is 2.43. The van der Waals surface area contributed by atoms with E-state index < -0.39 is 0 Å². The van der Waals surface area contributed by atoms with E-state index in [0.717, 1.165) is 34.6 Å². The zero-order valence-electron chi connectivity index (χ0n) is 12.3. The number of nitrogens with two attached hydrogens (primary N) is 1. The van der Waals surface area contributed by atoms with E-state index in [1.54, 1.807) is 0 Å². The summed E-state index contributed by atoms with van der Waals surface area (Å²) < 4.78 is 2.85. The number of pyridine rings is 1. The summed E-state index contributed by atoms with van der Waals surface area (Å²) in [6, 6.07) is 6.63. The number of rotatable bonds is 2. The number of quaternary nitrogens is 1. The van der Waals surface area contributed by atoms with Crippen LogP contribution < -0.4 is 23.0 Å². The van der Waals surface area contributed by atoms with Crippen LogP contribution in [0.25, 0.3) is 5.52 Å². The molecule has 1 unspecified atom stereocenters. The largest absolute Gasteiger partial charge is 1.00 e. The molecule has 0 saturated carbocycles. The maximum Gasteiger partial charge on any atom is 0.175 e. The summed E-state index contributed by atoms with van der Waals surface area (Å²) in [5, 5.41) is 4.62. The highest BCUT2D eigenvalue weighted by atomic mass is 35.5. The summed E-state index contributed by atoms with van der Waals surface area (Å²) in [6.45, 7) is 2.06. The topological polar surface area (TPSA) is 46.6 Å². The SMILES string of the molecule is C[N+](C)(C)C1CCN(c2nn3ccccc3c2N)C1.[Cl-]. The molecule has 1 saturated heterocycles. The molecule has 20 heavy (non-hydrogen) atoms. The van der Waals surface area contributed by atoms with Gasteiger partial charge >= 0.3 is 0 Å². The van der Waals surface area contributed by atoms with E-state index in [4.69, 9.17) is 5.73 Å². The standard InChI is InChI=1S/C14H22N5.ClH/c1-19(2,3)11-7-9-17(10-11)14-13(15)12-6-4-5-8-18(12)16-14;/h4-6,8,11H,7,9-10,15H2,1-3H3;1H/q+1;/p-1. The lowest BCUT2D eigenvalue weighted by molar-refractivity contribution is -0.893. The molecule has 1 atom stereocenters. The van der Waals surface area contributed by atoms with Crippen LogP contribution in [0.15, 0.2) is 24.4 Å². The number of likely N-dealkylation sites (N-methyl/N-ethyl adjacent to an activating group) is 1. The van der Waals surface area contributed by atoms with E-state index in [1.807, 2.05) is 28.9 Å². The van der Waals surface area contributed by atoms with Gasteiger partial charge in [-0.1, -0.05) is 6.07 Å². The van der Waals surface area contributed by atoms with Crippen molar-refractivity contribution in [3.8, 4) is 0 Å². The first-order valence-corrected chi connectivity index (χ1v) is 6.76. The van der Waals surface area contributed by atoms with E-state index in [2.05, 4.69) is 31.1 Å². The molecule has 0 bridgehead atoms. The van der Waals surface area contributed by atoms with Gasteiger partial charge in [0.15, 0.2) is 5.82 Å². The van der Waals surface area contributed by atoms with Gasteiger partial charge in [0, 0.05) is 19.2 Å². The molecule has 2 aromatic rings. The minimum absolute atomic E-state index is 0. The lowest BCUT2D eigenvalue weighted by Crippen LogP contribution is -3.00. The number of fused-ring (bicyclic) bond motifs is 1. The van der Waals surface area contributed by atoms with Crippen LogP contribution in [0, 0.1) is 0 Å². The molecule has 2 aromatic heterocycles. The monoisotopic (exact) mass is 295 g/mol. The van der Waals surface area contributed by atoms with Gasteiger partial charge in [-0.2, -0.15) is 0 Å². The van der Waals surface area contributed by atoms with Crippen LogP contribution in [-0.4, -0.2) is 54.4 Å². The van der Waals surface area contributed by atoms with Gasteiger partial charge in [0.05, 0.1) is 33.2 Å². The van der Waals surface area contributed by atoms with Gasteiger partial charge in [0.1, 0.15) is 11.7 Å². The zero-order chi connectivity index (χ0) is 13.6. The molecule has 1 fully saturated rings. The van der Waals surface area contributed by atoms with E-state index in [9.17, 15) is 0 Å². The Hall–Kier alpha value is -1.46. The first kappa shape index (κ1) is 14.9. The molecule has 0 spiro atoms. The van der Waals surface area contributed by atoms with Gasteiger partial charge in [0.25, 0.3) is 0 Å². The summed E-state index contributed by atoms with van der Waals surface area (Å²) in [6.07, 6.45) is 3.14. The van der Waals surface area contributed by atoms with E-state index in [-0.39, 0.29) is 12.4 Å². The molecule has 0 aromatic carbocycles. The van der Waals surface area contributed by atoms with Crippen molar-refractivity contribution in [2.75, 3.05) is 44.9 Å². The number of hydrogen-bond donors (Lipinski definition) is 1. The predicted molar refractivity (Wildman–Crippen MR) is 78.3 cm³/mol. The van der Waals surface area contributed by atoms with Crippen molar-refractivity contribution in [3.05, 3.63) is 24.4 Å². The first-order valence-electron chi connectivity index (χ1n) is 6.76. The zero-order valence-corrected chi connectivity index (χ0v) is 13.0. The minimum Gasteiger partial charge on any atom is -1.00 e. The van der Waals surface area contributed by atoms with Crippen molar-refractivity contribution in [1.82, 2.24) is 9.61 Å². The summed E-state index contributed by atoms with van der Waals surface area (Å²) in [5.74, 6) is 0.933. The normalized spacial score (nSPS) is 19.4. The number of halogens is 1. The summed E-state index contributed by atoms with van der Waals surface area (Å²) in [5.41, 5.74) is 8.03. The van der Waals surface area contributed by atoms with Crippen molar-refractivity contribution in [2.45, 2.75) is 12.5 Å². The number of anilines is 2. The molecular formula is C14H22ClN5. The highest BCUT2D eigenvalue weighted by Crippen LogP contribution is 2.30. The van der Waals surface area contributed by atoms with Gasteiger partial charge in [-0.05, 0) is 12.1 Å². The van der Waals surface area contributed by atoms with Crippen molar-refractivity contribution in [3.63, 3.8) is 0 Å². The molecule has 3 rings (SSSR count). The second-order valence-electron chi connectivity index (χ2n) is 6.27. The third-order valence-corrected chi connectivity index (χ3v) is 4.12. The Morgan fingerprint density at radius 1 is 1.30 bits per heavy atom. The molecule has 0 amide bonds. The Bertz CT molecular complexity index is 601. The van der Waals surface area contributed by atoms with Crippen molar-refractivity contribution < 1.29 is 16.9 Å². The molecule has 3 heterocycles. The van der Waals surface area contributed by atoms with Crippen LogP contribution in [0.3, 0.4) is 0 Å². The van der Waals surface area contributed by atoms with Gasteiger partial charge in [-0.25, -0.2) is 4.52 Å². The Balaban J connectivity index is 0.00000147. The van der Waals surface area contributed by atoms with Gasteiger partial charge in [0.2, 0.25) is 0 Å². The van der Waals surface area contributed by atoms with E-state index >= 15 is 0 Å². The molecule has 0 radical (unpaired) electrons. The second-order valence-corrected chi connectivity index (χ2v) is 6.27. The van der Waals surface area contributed by atoms with Gasteiger partial charge in [-0.3, -0.25) is 0 Å².